The average molecular weight is 470 g/mol. The normalized spacial score (nSPS) is 21.1. The maximum atomic E-state index is 13.0. The molecule has 0 unspecified atom stereocenters. The molecular weight excluding hydrogens is 430 g/mol. The van der Waals surface area contributed by atoms with Gasteiger partial charge >= 0.3 is 0 Å². The molecule has 1 N–H and O–H groups in total. The Bertz CT molecular complexity index is 909. The summed E-state index contributed by atoms with van der Waals surface area (Å²) < 4.78 is 11.8. The van der Waals surface area contributed by atoms with E-state index in [1.165, 1.54) is 5.56 Å². The zero-order valence-electron chi connectivity index (χ0n) is 20.8. The molecule has 1 aromatic heterocycles. The van der Waals surface area contributed by atoms with Gasteiger partial charge in [-0.05, 0) is 51.4 Å². The molecule has 1 aromatic carbocycles. The number of H-pyrrole nitrogens is 1. The van der Waals surface area contributed by atoms with Gasteiger partial charge in [-0.1, -0.05) is 12.1 Å². The predicted molar refractivity (Wildman–Crippen MR) is 131 cm³/mol. The summed E-state index contributed by atoms with van der Waals surface area (Å²) in [6.07, 6.45) is 5.29. The molecule has 8 heteroatoms. The van der Waals surface area contributed by atoms with E-state index in [1.54, 1.807) is 6.20 Å². The molecule has 34 heavy (non-hydrogen) atoms. The van der Waals surface area contributed by atoms with Crippen LogP contribution in [0.2, 0.25) is 0 Å². The molecular formula is C26H39N5O3. The minimum atomic E-state index is -0.191. The van der Waals surface area contributed by atoms with Gasteiger partial charge in [0.15, 0.2) is 0 Å². The molecule has 8 nitrogen and oxygen atoms in total. The van der Waals surface area contributed by atoms with Crippen molar-refractivity contribution < 1.29 is 14.3 Å². The second-order valence-electron chi connectivity index (χ2n) is 10.2. The first-order chi connectivity index (χ1) is 16.4. The van der Waals surface area contributed by atoms with Crippen LogP contribution in [-0.4, -0.2) is 89.2 Å². The van der Waals surface area contributed by atoms with Crippen LogP contribution in [0.1, 0.15) is 38.1 Å². The molecule has 3 heterocycles. The topological polar surface area (TPSA) is 73.9 Å². The second kappa shape index (κ2) is 11.3. The van der Waals surface area contributed by atoms with Crippen molar-refractivity contribution >= 4 is 5.91 Å². The van der Waals surface area contributed by atoms with E-state index in [0.29, 0.717) is 19.1 Å². The Morgan fingerprint density at radius 1 is 1.26 bits per heavy atom. The largest absolute Gasteiger partial charge is 0.492 e. The Labute approximate surface area is 203 Å². The summed E-state index contributed by atoms with van der Waals surface area (Å²) in [5, 5.41) is 0. The van der Waals surface area contributed by atoms with Crippen molar-refractivity contribution in [1.82, 2.24) is 24.7 Å². The number of nitrogens with zero attached hydrogens (tertiary/aromatic N) is 4. The van der Waals surface area contributed by atoms with E-state index < -0.39 is 0 Å². The van der Waals surface area contributed by atoms with Gasteiger partial charge in [-0.2, -0.15) is 0 Å². The second-order valence-corrected chi connectivity index (χ2v) is 10.2. The molecule has 186 valence electrons. The van der Waals surface area contributed by atoms with Crippen molar-refractivity contribution in [2.75, 3.05) is 53.0 Å². The van der Waals surface area contributed by atoms with Gasteiger partial charge in [-0.15, -0.1) is 0 Å². The first-order valence-corrected chi connectivity index (χ1v) is 12.4. The number of aromatic amines is 1. The summed E-state index contributed by atoms with van der Waals surface area (Å²) in [5.41, 5.74) is 1.03. The lowest BCUT2D eigenvalue weighted by atomic mass is 9.87. The monoisotopic (exact) mass is 469 g/mol. The van der Waals surface area contributed by atoms with Crippen molar-refractivity contribution in [2.24, 2.45) is 5.92 Å². The van der Waals surface area contributed by atoms with Gasteiger partial charge in [0.2, 0.25) is 5.91 Å². The minimum Gasteiger partial charge on any atom is -0.492 e. The zero-order valence-corrected chi connectivity index (χ0v) is 20.8. The van der Waals surface area contributed by atoms with Crippen molar-refractivity contribution in [3.05, 3.63) is 48.0 Å². The van der Waals surface area contributed by atoms with E-state index in [0.717, 1.165) is 70.2 Å². The minimum absolute atomic E-state index is 0.101. The van der Waals surface area contributed by atoms with Crippen LogP contribution in [0, 0.1) is 5.92 Å². The third-order valence-corrected chi connectivity index (χ3v) is 6.73. The van der Waals surface area contributed by atoms with Gasteiger partial charge < -0.3 is 19.4 Å². The van der Waals surface area contributed by atoms with Gasteiger partial charge in [0.25, 0.3) is 0 Å². The summed E-state index contributed by atoms with van der Waals surface area (Å²) >= 11 is 0. The van der Waals surface area contributed by atoms with Crippen LogP contribution in [-0.2, 0) is 22.6 Å². The fourth-order valence-electron chi connectivity index (χ4n) is 4.93. The molecule has 2 fully saturated rings. The number of hydrogen-bond donors (Lipinski definition) is 1. The van der Waals surface area contributed by atoms with Crippen LogP contribution >= 0.6 is 0 Å². The number of carbonyl (C=O) groups excluding carboxylic acids is 1. The number of benzene rings is 1. The van der Waals surface area contributed by atoms with Gasteiger partial charge in [-0.3, -0.25) is 14.6 Å². The number of aromatic nitrogens is 2. The lowest BCUT2D eigenvalue weighted by molar-refractivity contribution is -0.147. The molecule has 2 aliphatic heterocycles. The first kappa shape index (κ1) is 24.7. The number of hydrogen-bond acceptors (Lipinski definition) is 6. The van der Waals surface area contributed by atoms with Gasteiger partial charge in [0.1, 0.15) is 18.2 Å². The maximum Gasteiger partial charge on any atom is 0.225 e. The molecule has 2 aliphatic rings. The van der Waals surface area contributed by atoms with Crippen LogP contribution in [0.15, 0.2) is 36.7 Å². The number of rotatable bonds is 9. The Kier molecular flexibility index (Phi) is 8.24. The number of ether oxygens (including phenoxy) is 2. The van der Waals surface area contributed by atoms with Crippen molar-refractivity contribution in [3.8, 4) is 5.75 Å². The van der Waals surface area contributed by atoms with Crippen molar-refractivity contribution in [3.63, 3.8) is 0 Å². The summed E-state index contributed by atoms with van der Waals surface area (Å²) in [6, 6.07) is 8.31. The molecule has 0 spiro atoms. The Morgan fingerprint density at radius 2 is 2.09 bits per heavy atom. The van der Waals surface area contributed by atoms with Gasteiger partial charge in [-0.25, -0.2) is 4.98 Å². The first-order valence-electron chi connectivity index (χ1n) is 12.4. The predicted octanol–water partition coefficient (Wildman–Crippen LogP) is 2.77. The third-order valence-electron chi connectivity index (χ3n) is 6.73. The standard InChI is InChI=1S/C26H39N5O3/c1-26(2)18-22(7-15-34-26)25(32)31-12-10-30(11-13-31)14-16-33-23-6-4-5-21(17-23)19-29(3)20-24-27-8-9-28-24/h4-6,8-9,17,22H,7,10-16,18-20H2,1-3H3,(H,27,28)/t22-/m0/s1. The van der Waals surface area contributed by atoms with E-state index in [2.05, 4.69) is 52.8 Å². The summed E-state index contributed by atoms with van der Waals surface area (Å²) in [4.78, 5) is 27.1. The van der Waals surface area contributed by atoms with Crippen LogP contribution in [0.3, 0.4) is 0 Å². The fraction of sp³-hybridized carbons (Fsp3) is 0.615. The van der Waals surface area contributed by atoms with Crippen LogP contribution < -0.4 is 4.74 Å². The number of carbonyl (C=O) groups is 1. The van der Waals surface area contributed by atoms with E-state index in [9.17, 15) is 4.79 Å². The molecule has 4 rings (SSSR count). The van der Waals surface area contributed by atoms with E-state index >= 15 is 0 Å². The van der Waals surface area contributed by atoms with Crippen LogP contribution in [0.5, 0.6) is 5.75 Å². The molecule has 0 bridgehead atoms. The lowest BCUT2D eigenvalue weighted by Gasteiger charge is -2.40. The summed E-state index contributed by atoms with van der Waals surface area (Å²) in [6.45, 7) is 11.4. The zero-order chi connectivity index (χ0) is 24.0. The molecule has 2 aromatic rings. The van der Waals surface area contributed by atoms with Crippen molar-refractivity contribution in [2.45, 2.75) is 45.4 Å². The summed E-state index contributed by atoms with van der Waals surface area (Å²) in [7, 11) is 2.09. The Morgan fingerprint density at radius 3 is 2.82 bits per heavy atom. The molecule has 0 aliphatic carbocycles. The van der Waals surface area contributed by atoms with Gasteiger partial charge in [0, 0.05) is 64.2 Å². The quantitative estimate of drug-likeness (QED) is 0.609. The number of amides is 1. The average Bonchev–Trinajstić information content (AvgIpc) is 3.31. The van der Waals surface area contributed by atoms with E-state index in [-0.39, 0.29) is 11.5 Å². The number of piperazine rings is 1. The summed E-state index contributed by atoms with van der Waals surface area (Å²) in [5.74, 6) is 2.28. The van der Waals surface area contributed by atoms with E-state index in [1.807, 2.05) is 23.2 Å². The molecule has 1 atom stereocenters. The number of imidazole rings is 1. The van der Waals surface area contributed by atoms with E-state index in [4.69, 9.17) is 9.47 Å². The smallest absolute Gasteiger partial charge is 0.225 e. The highest BCUT2D eigenvalue weighted by Gasteiger charge is 2.35. The van der Waals surface area contributed by atoms with Crippen molar-refractivity contribution in [1.29, 1.82) is 0 Å². The molecule has 0 radical (unpaired) electrons. The molecule has 1 amide bonds. The Hall–Kier alpha value is -2.42. The fourth-order valence-corrected chi connectivity index (χ4v) is 4.93. The molecule has 2 saturated heterocycles. The number of nitrogens with one attached hydrogen (secondary N) is 1. The third kappa shape index (κ3) is 7.04. The van der Waals surface area contributed by atoms with Crippen LogP contribution in [0.25, 0.3) is 0 Å². The molecule has 0 saturated carbocycles. The van der Waals surface area contributed by atoms with Crippen LogP contribution in [0.4, 0.5) is 0 Å². The lowest BCUT2D eigenvalue weighted by Crippen LogP contribution is -2.52. The Balaban J connectivity index is 1.16. The maximum absolute atomic E-state index is 13.0. The highest BCUT2D eigenvalue weighted by Crippen LogP contribution is 2.30. The van der Waals surface area contributed by atoms with Gasteiger partial charge in [0.05, 0.1) is 12.1 Å². The highest BCUT2D eigenvalue weighted by atomic mass is 16.5. The SMILES string of the molecule is CN(Cc1cccc(OCCN2CCN(C(=O)[C@H]3CCOC(C)(C)C3)CC2)c1)Cc1ncc[nH]1. The highest BCUT2D eigenvalue weighted by molar-refractivity contribution is 5.79.